The summed E-state index contributed by atoms with van der Waals surface area (Å²) in [7, 11) is 0. The van der Waals surface area contributed by atoms with Gasteiger partial charge in [0.2, 0.25) is 0 Å². The lowest BCUT2D eigenvalue weighted by molar-refractivity contribution is 0.801. The Morgan fingerprint density at radius 3 is 2.25 bits per heavy atom. The standard InChI is InChI=1S/C11H19I/c1-4-6-10(2)7-5-8-11(3)9-12/h6,9H,4-5,7-8H2,1-3H3/b10-6+,11-9+. The van der Waals surface area contributed by atoms with Gasteiger partial charge < -0.3 is 0 Å². The molecule has 0 saturated carbocycles. The molecule has 0 aliphatic rings. The number of allylic oxidation sites excluding steroid dienone is 3. The summed E-state index contributed by atoms with van der Waals surface area (Å²) in [6.45, 7) is 6.62. The van der Waals surface area contributed by atoms with Crippen molar-refractivity contribution in [1.29, 1.82) is 0 Å². The van der Waals surface area contributed by atoms with Gasteiger partial charge >= 0.3 is 0 Å². The summed E-state index contributed by atoms with van der Waals surface area (Å²) in [6, 6.07) is 0. The zero-order chi connectivity index (χ0) is 9.40. The third-order valence-electron chi connectivity index (χ3n) is 1.88. The van der Waals surface area contributed by atoms with Gasteiger partial charge in [0.15, 0.2) is 0 Å². The summed E-state index contributed by atoms with van der Waals surface area (Å²) in [5.74, 6) is 0. The van der Waals surface area contributed by atoms with Gasteiger partial charge in [-0.2, -0.15) is 0 Å². The molecule has 0 spiro atoms. The smallest absolute Gasteiger partial charge is 0.0245 e. The second kappa shape index (κ2) is 7.84. The summed E-state index contributed by atoms with van der Waals surface area (Å²) in [6.07, 6.45) is 7.30. The van der Waals surface area contributed by atoms with Crippen molar-refractivity contribution in [2.24, 2.45) is 0 Å². The molecule has 0 aromatic carbocycles. The largest absolute Gasteiger partial charge is 0.0859 e. The van der Waals surface area contributed by atoms with E-state index in [9.17, 15) is 0 Å². The predicted octanol–water partition coefficient (Wildman–Crippen LogP) is 4.85. The molecule has 0 saturated heterocycles. The van der Waals surface area contributed by atoms with Gasteiger partial charge in [0, 0.05) is 0 Å². The van der Waals surface area contributed by atoms with Gasteiger partial charge in [-0.3, -0.25) is 0 Å². The molecule has 0 aromatic heterocycles. The van der Waals surface area contributed by atoms with Crippen LogP contribution < -0.4 is 0 Å². The third-order valence-corrected chi connectivity index (χ3v) is 2.94. The van der Waals surface area contributed by atoms with E-state index in [1.165, 1.54) is 31.3 Å². The van der Waals surface area contributed by atoms with Gasteiger partial charge in [-0.25, -0.2) is 0 Å². The van der Waals surface area contributed by atoms with E-state index in [1.807, 2.05) is 0 Å². The van der Waals surface area contributed by atoms with E-state index in [4.69, 9.17) is 0 Å². The molecule has 12 heavy (non-hydrogen) atoms. The maximum Gasteiger partial charge on any atom is -0.0245 e. The van der Waals surface area contributed by atoms with Crippen LogP contribution in [0.1, 0.15) is 46.5 Å². The van der Waals surface area contributed by atoms with Crippen LogP contribution in [0.5, 0.6) is 0 Å². The molecule has 0 aromatic rings. The van der Waals surface area contributed by atoms with E-state index in [-0.39, 0.29) is 0 Å². The van der Waals surface area contributed by atoms with E-state index in [0.717, 1.165) is 0 Å². The van der Waals surface area contributed by atoms with Crippen molar-refractivity contribution in [3.63, 3.8) is 0 Å². The van der Waals surface area contributed by atoms with Crippen LogP contribution in [-0.4, -0.2) is 0 Å². The van der Waals surface area contributed by atoms with Crippen LogP contribution >= 0.6 is 22.6 Å². The lowest BCUT2D eigenvalue weighted by Crippen LogP contribution is -1.80. The molecule has 70 valence electrons. The quantitative estimate of drug-likeness (QED) is 0.498. The van der Waals surface area contributed by atoms with Crippen LogP contribution in [0.2, 0.25) is 0 Å². The molecule has 0 unspecified atom stereocenters. The fraction of sp³-hybridized carbons (Fsp3) is 0.636. The van der Waals surface area contributed by atoms with Gasteiger partial charge in [-0.1, -0.05) is 46.7 Å². The van der Waals surface area contributed by atoms with Gasteiger partial charge in [0.1, 0.15) is 0 Å². The normalized spacial score (nSPS) is 13.7. The maximum atomic E-state index is 2.32. The molecule has 0 aliphatic heterocycles. The van der Waals surface area contributed by atoms with Crippen LogP contribution in [0.4, 0.5) is 0 Å². The maximum absolute atomic E-state index is 2.32. The fourth-order valence-electron chi connectivity index (χ4n) is 1.15. The highest BCUT2D eigenvalue weighted by atomic mass is 127. The molecule has 0 atom stereocenters. The molecule has 0 rings (SSSR count). The average molecular weight is 278 g/mol. The molecular formula is C11H19I. The second-order valence-electron chi connectivity index (χ2n) is 3.27. The predicted molar refractivity (Wildman–Crippen MR) is 65.7 cm³/mol. The van der Waals surface area contributed by atoms with Crippen LogP contribution in [0, 0.1) is 0 Å². The zero-order valence-electron chi connectivity index (χ0n) is 8.36. The molecule has 1 heteroatoms. The van der Waals surface area contributed by atoms with Gasteiger partial charge in [0.25, 0.3) is 0 Å². The zero-order valence-corrected chi connectivity index (χ0v) is 10.5. The average Bonchev–Trinajstić information content (AvgIpc) is 2.04. The number of rotatable bonds is 5. The van der Waals surface area contributed by atoms with Crippen molar-refractivity contribution in [3.05, 3.63) is 21.3 Å². The van der Waals surface area contributed by atoms with Crippen LogP contribution in [-0.2, 0) is 0 Å². The van der Waals surface area contributed by atoms with Crippen molar-refractivity contribution in [1.82, 2.24) is 0 Å². The fourth-order valence-corrected chi connectivity index (χ4v) is 1.46. The summed E-state index contributed by atoms with van der Waals surface area (Å²) in [4.78, 5) is 0. The molecule has 0 amide bonds. The first kappa shape index (κ1) is 12.2. The Morgan fingerprint density at radius 1 is 1.17 bits per heavy atom. The Kier molecular flexibility index (Phi) is 7.98. The van der Waals surface area contributed by atoms with Gasteiger partial charge in [0.05, 0.1) is 0 Å². The highest BCUT2D eigenvalue weighted by molar-refractivity contribution is 14.1. The Bertz CT molecular complexity index is 166. The second-order valence-corrected chi connectivity index (χ2v) is 3.89. The lowest BCUT2D eigenvalue weighted by Gasteiger charge is -2.00. The summed E-state index contributed by atoms with van der Waals surface area (Å²) < 4.78 is 2.18. The van der Waals surface area contributed by atoms with Crippen molar-refractivity contribution >= 4 is 22.6 Å². The van der Waals surface area contributed by atoms with E-state index in [2.05, 4.69) is 53.5 Å². The van der Waals surface area contributed by atoms with E-state index in [1.54, 1.807) is 5.57 Å². The SMILES string of the molecule is CC/C=C(\C)CCC/C(C)=C/I. The van der Waals surface area contributed by atoms with Crippen molar-refractivity contribution < 1.29 is 0 Å². The molecule has 0 N–H and O–H groups in total. The van der Waals surface area contributed by atoms with Crippen LogP contribution in [0.25, 0.3) is 0 Å². The van der Waals surface area contributed by atoms with Crippen LogP contribution in [0.3, 0.4) is 0 Å². The first-order chi connectivity index (χ1) is 5.70. The molecule has 0 bridgehead atoms. The summed E-state index contributed by atoms with van der Waals surface area (Å²) >= 11 is 2.31. The molecule has 0 fully saturated rings. The minimum Gasteiger partial charge on any atom is -0.0859 e. The summed E-state index contributed by atoms with van der Waals surface area (Å²) in [5.41, 5.74) is 3.04. The number of hydrogen-bond donors (Lipinski definition) is 0. The number of halogens is 1. The Labute approximate surface area is 90.3 Å². The minimum absolute atomic E-state index is 1.17. The third kappa shape index (κ3) is 6.89. The molecule has 0 radical (unpaired) electrons. The molecule has 0 heterocycles. The Balaban J connectivity index is 3.50. The van der Waals surface area contributed by atoms with E-state index < -0.39 is 0 Å². The highest BCUT2D eigenvalue weighted by Crippen LogP contribution is 2.12. The first-order valence-electron chi connectivity index (χ1n) is 4.62. The molecule has 0 aliphatic carbocycles. The molecule has 0 nitrogen and oxygen atoms in total. The van der Waals surface area contributed by atoms with Crippen LogP contribution in [0.15, 0.2) is 21.3 Å². The Morgan fingerprint density at radius 2 is 1.75 bits per heavy atom. The van der Waals surface area contributed by atoms with E-state index in [0.29, 0.717) is 0 Å². The minimum atomic E-state index is 1.17. The topological polar surface area (TPSA) is 0 Å². The van der Waals surface area contributed by atoms with Crippen molar-refractivity contribution in [3.8, 4) is 0 Å². The van der Waals surface area contributed by atoms with Gasteiger partial charge in [-0.15, -0.1) is 0 Å². The highest BCUT2D eigenvalue weighted by Gasteiger charge is 1.91. The molecular weight excluding hydrogens is 259 g/mol. The van der Waals surface area contributed by atoms with Crippen molar-refractivity contribution in [2.45, 2.75) is 46.5 Å². The lowest BCUT2D eigenvalue weighted by atomic mass is 10.1. The first-order valence-corrected chi connectivity index (χ1v) is 5.86. The summed E-state index contributed by atoms with van der Waals surface area (Å²) in [5, 5.41) is 0. The van der Waals surface area contributed by atoms with Crippen molar-refractivity contribution in [2.75, 3.05) is 0 Å². The Hall–Kier alpha value is 0.210. The van der Waals surface area contributed by atoms with Gasteiger partial charge in [-0.05, 0) is 43.6 Å². The number of hydrogen-bond acceptors (Lipinski definition) is 0. The monoisotopic (exact) mass is 278 g/mol. The van der Waals surface area contributed by atoms with E-state index >= 15 is 0 Å².